The number of pyridine rings is 1. The van der Waals surface area contributed by atoms with E-state index in [-0.39, 0.29) is 0 Å². The van der Waals surface area contributed by atoms with Gasteiger partial charge in [0.15, 0.2) is 0 Å². The molecule has 3 nitrogen and oxygen atoms in total. The van der Waals surface area contributed by atoms with Crippen molar-refractivity contribution in [2.45, 2.75) is 53.0 Å². The summed E-state index contributed by atoms with van der Waals surface area (Å²) in [5.74, 6) is 1.09. The number of unbranched alkanes of at least 4 members (excludes halogenated alkanes) is 2. The molecule has 1 aromatic rings. The van der Waals surface area contributed by atoms with E-state index < -0.39 is 0 Å². The van der Waals surface area contributed by atoms with Crippen molar-refractivity contribution in [2.24, 2.45) is 0 Å². The van der Waals surface area contributed by atoms with E-state index in [2.05, 4.69) is 50.2 Å². The summed E-state index contributed by atoms with van der Waals surface area (Å²) in [7, 11) is 2.13. The highest BCUT2D eigenvalue weighted by Gasteiger charge is 2.05. The van der Waals surface area contributed by atoms with Gasteiger partial charge in [0.1, 0.15) is 5.82 Å². The second-order valence-corrected chi connectivity index (χ2v) is 5.22. The maximum atomic E-state index is 4.72. The number of nitrogens with one attached hydrogen (secondary N) is 1. The van der Waals surface area contributed by atoms with Crippen molar-refractivity contribution in [3.63, 3.8) is 0 Å². The lowest BCUT2D eigenvalue weighted by atomic mass is 10.2. The van der Waals surface area contributed by atoms with Gasteiger partial charge >= 0.3 is 0 Å². The van der Waals surface area contributed by atoms with Gasteiger partial charge in [0.05, 0.1) is 0 Å². The summed E-state index contributed by atoms with van der Waals surface area (Å²) < 4.78 is 0. The van der Waals surface area contributed by atoms with Gasteiger partial charge in [-0.3, -0.25) is 0 Å². The van der Waals surface area contributed by atoms with E-state index in [0.29, 0.717) is 0 Å². The zero-order chi connectivity index (χ0) is 14.1. The summed E-state index contributed by atoms with van der Waals surface area (Å²) in [5.41, 5.74) is 2.45. The first kappa shape index (κ1) is 16.0. The Morgan fingerprint density at radius 1 is 1.16 bits per heavy atom. The van der Waals surface area contributed by atoms with Crippen molar-refractivity contribution < 1.29 is 0 Å². The molecule has 0 radical (unpaired) electrons. The molecule has 0 aliphatic carbocycles. The van der Waals surface area contributed by atoms with Crippen LogP contribution in [0.1, 0.15) is 50.8 Å². The third kappa shape index (κ3) is 5.60. The summed E-state index contributed by atoms with van der Waals surface area (Å²) in [5, 5.41) is 3.43. The molecule has 1 aromatic heterocycles. The smallest absolute Gasteiger partial charge is 0.128 e. The van der Waals surface area contributed by atoms with Gasteiger partial charge in [-0.2, -0.15) is 0 Å². The van der Waals surface area contributed by atoms with Crippen LogP contribution in [0, 0.1) is 6.92 Å². The Balaban J connectivity index is 2.54. The van der Waals surface area contributed by atoms with Crippen molar-refractivity contribution in [3.8, 4) is 0 Å². The summed E-state index contributed by atoms with van der Waals surface area (Å²) in [6.45, 7) is 9.61. The average Bonchev–Trinajstić information content (AvgIpc) is 2.41. The van der Waals surface area contributed by atoms with Gasteiger partial charge in [0.25, 0.3) is 0 Å². The van der Waals surface area contributed by atoms with Crippen LogP contribution >= 0.6 is 0 Å². The summed E-state index contributed by atoms with van der Waals surface area (Å²) in [6.07, 6.45) is 4.98. The van der Waals surface area contributed by atoms with Crippen LogP contribution in [0.5, 0.6) is 0 Å². The molecule has 0 aliphatic heterocycles. The van der Waals surface area contributed by atoms with E-state index in [1.807, 2.05) is 0 Å². The zero-order valence-electron chi connectivity index (χ0n) is 13.0. The molecule has 0 aliphatic rings. The monoisotopic (exact) mass is 263 g/mol. The van der Waals surface area contributed by atoms with Gasteiger partial charge in [0.2, 0.25) is 0 Å². The molecule has 0 spiro atoms. The minimum atomic E-state index is 0.923. The number of anilines is 1. The van der Waals surface area contributed by atoms with Gasteiger partial charge in [-0.1, -0.05) is 32.8 Å². The fraction of sp³-hybridized carbons (Fsp3) is 0.688. The molecule has 0 saturated carbocycles. The predicted molar refractivity (Wildman–Crippen MR) is 83.8 cm³/mol. The van der Waals surface area contributed by atoms with E-state index in [9.17, 15) is 0 Å². The Labute approximate surface area is 118 Å². The lowest BCUT2D eigenvalue weighted by Crippen LogP contribution is -2.21. The van der Waals surface area contributed by atoms with Gasteiger partial charge in [-0.05, 0) is 37.9 Å². The van der Waals surface area contributed by atoms with Crippen molar-refractivity contribution in [1.29, 1.82) is 0 Å². The Kier molecular flexibility index (Phi) is 7.49. The molecule has 0 fully saturated rings. The molecule has 0 bridgehead atoms. The fourth-order valence-electron chi connectivity index (χ4n) is 2.09. The molecule has 108 valence electrons. The first-order valence-corrected chi connectivity index (χ1v) is 7.57. The van der Waals surface area contributed by atoms with Crippen molar-refractivity contribution in [1.82, 2.24) is 10.3 Å². The molecule has 1 rings (SSSR count). The van der Waals surface area contributed by atoms with Crippen LogP contribution in [0.3, 0.4) is 0 Å². The SMILES string of the molecule is CCCCCN(C)c1ccc(CNCCC)c(C)n1. The number of rotatable bonds is 9. The van der Waals surface area contributed by atoms with E-state index >= 15 is 0 Å². The number of nitrogens with zero attached hydrogens (tertiary/aromatic N) is 2. The quantitative estimate of drug-likeness (QED) is 0.691. The topological polar surface area (TPSA) is 28.2 Å². The van der Waals surface area contributed by atoms with E-state index in [1.54, 1.807) is 0 Å². The normalized spacial score (nSPS) is 10.7. The van der Waals surface area contributed by atoms with Crippen LogP contribution in [-0.2, 0) is 6.54 Å². The second-order valence-electron chi connectivity index (χ2n) is 5.22. The molecule has 1 N–H and O–H groups in total. The van der Waals surface area contributed by atoms with Gasteiger partial charge in [-0.15, -0.1) is 0 Å². The Hall–Kier alpha value is -1.09. The van der Waals surface area contributed by atoms with Crippen LogP contribution < -0.4 is 10.2 Å². The lowest BCUT2D eigenvalue weighted by molar-refractivity contribution is 0.669. The minimum Gasteiger partial charge on any atom is -0.360 e. The Morgan fingerprint density at radius 2 is 1.95 bits per heavy atom. The van der Waals surface area contributed by atoms with Gasteiger partial charge < -0.3 is 10.2 Å². The van der Waals surface area contributed by atoms with Crippen LogP contribution in [0.4, 0.5) is 5.82 Å². The van der Waals surface area contributed by atoms with Crippen LogP contribution in [0.25, 0.3) is 0 Å². The van der Waals surface area contributed by atoms with Gasteiger partial charge in [0, 0.05) is 25.8 Å². The van der Waals surface area contributed by atoms with Crippen LogP contribution in [0.15, 0.2) is 12.1 Å². The molecule has 0 aromatic carbocycles. The Morgan fingerprint density at radius 3 is 2.58 bits per heavy atom. The highest BCUT2D eigenvalue weighted by atomic mass is 15.2. The lowest BCUT2D eigenvalue weighted by Gasteiger charge is -2.19. The second kappa shape index (κ2) is 8.92. The number of hydrogen-bond donors (Lipinski definition) is 1. The van der Waals surface area contributed by atoms with Crippen molar-refractivity contribution in [3.05, 3.63) is 23.4 Å². The zero-order valence-corrected chi connectivity index (χ0v) is 13.0. The molecule has 1 heterocycles. The highest BCUT2D eigenvalue weighted by Crippen LogP contribution is 2.14. The summed E-state index contributed by atoms with van der Waals surface area (Å²) >= 11 is 0. The maximum Gasteiger partial charge on any atom is 0.128 e. The number of aromatic nitrogens is 1. The number of hydrogen-bond acceptors (Lipinski definition) is 3. The molecule has 0 saturated heterocycles. The summed E-state index contributed by atoms with van der Waals surface area (Å²) in [6, 6.07) is 4.35. The molecule has 0 atom stereocenters. The average molecular weight is 263 g/mol. The molecular formula is C16H29N3. The standard InChI is InChI=1S/C16H29N3/c1-5-7-8-12-19(4)16-10-9-15(14(3)18-16)13-17-11-6-2/h9-10,17H,5-8,11-13H2,1-4H3. The van der Waals surface area contributed by atoms with Crippen LogP contribution in [-0.4, -0.2) is 25.1 Å². The van der Waals surface area contributed by atoms with E-state index in [1.165, 1.54) is 31.2 Å². The van der Waals surface area contributed by atoms with Crippen molar-refractivity contribution >= 4 is 5.82 Å². The maximum absolute atomic E-state index is 4.72. The third-order valence-corrected chi connectivity index (χ3v) is 3.41. The van der Waals surface area contributed by atoms with Crippen molar-refractivity contribution in [2.75, 3.05) is 25.0 Å². The predicted octanol–water partition coefficient (Wildman–Crippen LogP) is 3.52. The molecule has 3 heteroatoms. The van der Waals surface area contributed by atoms with Gasteiger partial charge in [-0.25, -0.2) is 4.98 Å². The minimum absolute atomic E-state index is 0.923. The molecule has 0 unspecified atom stereocenters. The van der Waals surface area contributed by atoms with E-state index in [0.717, 1.165) is 31.1 Å². The summed E-state index contributed by atoms with van der Waals surface area (Å²) in [4.78, 5) is 6.97. The third-order valence-electron chi connectivity index (χ3n) is 3.41. The molecule has 19 heavy (non-hydrogen) atoms. The largest absolute Gasteiger partial charge is 0.360 e. The number of aryl methyl sites for hydroxylation is 1. The van der Waals surface area contributed by atoms with Crippen LogP contribution in [0.2, 0.25) is 0 Å². The Bertz CT molecular complexity index is 363. The molecular weight excluding hydrogens is 234 g/mol. The highest BCUT2D eigenvalue weighted by molar-refractivity contribution is 5.40. The first-order chi connectivity index (χ1) is 9.19. The first-order valence-electron chi connectivity index (χ1n) is 7.57. The fourth-order valence-corrected chi connectivity index (χ4v) is 2.09. The molecule has 0 amide bonds. The van der Waals surface area contributed by atoms with E-state index in [4.69, 9.17) is 4.98 Å².